The summed E-state index contributed by atoms with van der Waals surface area (Å²) >= 11 is 0. The zero-order valence-corrected chi connectivity index (χ0v) is 23.0. The highest BCUT2D eigenvalue weighted by Crippen LogP contribution is 2.49. The molecule has 206 valence electrons. The molecular formula is C31H36N2O6. The normalized spacial score (nSPS) is 16.4. The first-order chi connectivity index (χ1) is 18.7. The van der Waals surface area contributed by atoms with Gasteiger partial charge in [0.05, 0.1) is 18.0 Å². The molecule has 1 aliphatic carbocycles. The average molecular weight is 533 g/mol. The summed E-state index contributed by atoms with van der Waals surface area (Å²) < 4.78 is 19.5. The Labute approximate surface area is 228 Å². The largest absolute Gasteiger partial charge is 0.492 e. The van der Waals surface area contributed by atoms with Gasteiger partial charge in [0.1, 0.15) is 23.6 Å². The van der Waals surface area contributed by atoms with Gasteiger partial charge >= 0.3 is 5.97 Å². The molecule has 1 fully saturated rings. The molecule has 39 heavy (non-hydrogen) atoms. The number of carboxylic acids is 1. The van der Waals surface area contributed by atoms with Crippen LogP contribution in [0.25, 0.3) is 11.4 Å². The van der Waals surface area contributed by atoms with Crippen LogP contribution in [0, 0.1) is 5.41 Å². The number of rotatable bonds is 10. The zero-order chi connectivity index (χ0) is 27.7. The SMILES string of the molecule is COCCCOc1cc2c(nc1C1CC1)-c1c(OCc3ccccc3)c(=O)c(C(=O)O)cn1[C@H](C(C)(C)C)C2. The van der Waals surface area contributed by atoms with Crippen molar-refractivity contribution in [1.29, 1.82) is 0 Å². The van der Waals surface area contributed by atoms with E-state index in [1.54, 1.807) is 7.11 Å². The second-order valence-electron chi connectivity index (χ2n) is 11.5. The quantitative estimate of drug-likeness (QED) is 0.338. The number of methoxy groups -OCH3 is 1. The molecule has 0 spiro atoms. The number of benzene rings is 1. The van der Waals surface area contributed by atoms with Crippen LogP contribution in [0.5, 0.6) is 11.5 Å². The van der Waals surface area contributed by atoms with E-state index in [9.17, 15) is 14.7 Å². The van der Waals surface area contributed by atoms with Gasteiger partial charge in [-0.2, -0.15) is 0 Å². The number of fused-ring (bicyclic) bond motifs is 3. The lowest BCUT2D eigenvalue weighted by molar-refractivity contribution is 0.0692. The molecule has 0 bridgehead atoms. The highest BCUT2D eigenvalue weighted by atomic mass is 16.5. The molecule has 1 aliphatic heterocycles. The minimum absolute atomic E-state index is 0.0250. The van der Waals surface area contributed by atoms with E-state index >= 15 is 0 Å². The van der Waals surface area contributed by atoms with Gasteiger partial charge < -0.3 is 23.9 Å². The van der Waals surface area contributed by atoms with Crippen LogP contribution in [0.3, 0.4) is 0 Å². The van der Waals surface area contributed by atoms with Crippen LogP contribution in [0.15, 0.2) is 47.4 Å². The maximum atomic E-state index is 13.6. The lowest BCUT2D eigenvalue weighted by atomic mass is 9.79. The van der Waals surface area contributed by atoms with Crippen molar-refractivity contribution in [3.63, 3.8) is 0 Å². The molecule has 5 rings (SSSR count). The zero-order valence-electron chi connectivity index (χ0n) is 23.0. The fourth-order valence-corrected chi connectivity index (χ4v) is 5.19. The number of nitrogens with zero attached hydrogens (tertiary/aromatic N) is 2. The van der Waals surface area contributed by atoms with Crippen LogP contribution in [-0.4, -0.2) is 41.0 Å². The van der Waals surface area contributed by atoms with E-state index in [1.807, 2.05) is 34.9 Å². The smallest absolute Gasteiger partial charge is 0.341 e. The predicted molar refractivity (Wildman–Crippen MR) is 148 cm³/mol. The number of hydrogen-bond acceptors (Lipinski definition) is 6. The van der Waals surface area contributed by atoms with Crippen LogP contribution in [0.1, 0.15) is 79.2 Å². The maximum Gasteiger partial charge on any atom is 0.341 e. The van der Waals surface area contributed by atoms with Gasteiger partial charge in [0, 0.05) is 38.3 Å². The number of aromatic carboxylic acids is 1. The number of pyridine rings is 2. The topological polar surface area (TPSA) is 99.9 Å². The van der Waals surface area contributed by atoms with Crippen LogP contribution in [-0.2, 0) is 17.8 Å². The Morgan fingerprint density at radius 1 is 1.13 bits per heavy atom. The molecule has 0 amide bonds. The minimum atomic E-state index is -1.27. The standard InChI is InChI=1S/C31H36N2O6/c1-31(2,3)24-16-21-15-23(38-14-8-13-37-4)25(20-11-12-20)32-26(21)27-29(39-18-19-9-6-5-7-10-19)28(34)22(30(35)36)17-33(24)27/h5-7,9-10,15,17,20,24H,8,11-14,16,18H2,1-4H3,(H,35,36)/t24-/m0/s1. The van der Waals surface area contributed by atoms with Crippen molar-refractivity contribution in [1.82, 2.24) is 9.55 Å². The highest BCUT2D eigenvalue weighted by Gasteiger charge is 2.39. The third-order valence-electron chi connectivity index (χ3n) is 7.43. The number of ether oxygens (including phenoxy) is 3. The summed E-state index contributed by atoms with van der Waals surface area (Å²) in [5, 5.41) is 9.93. The van der Waals surface area contributed by atoms with Crippen molar-refractivity contribution in [2.45, 2.75) is 65.0 Å². The minimum Gasteiger partial charge on any atom is -0.492 e. The molecule has 1 N–H and O–H groups in total. The molecule has 3 aromatic rings. The van der Waals surface area contributed by atoms with Gasteiger partial charge in [-0.25, -0.2) is 9.78 Å². The highest BCUT2D eigenvalue weighted by molar-refractivity contribution is 5.89. The van der Waals surface area contributed by atoms with E-state index in [0.29, 0.717) is 36.9 Å². The summed E-state index contributed by atoms with van der Waals surface area (Å²) in [6.07, 6.45) is 4.94. The molecule has 8 nitrogen and oxygen atoms in total. The molecule has 1 atom stereocenters. The van der Waals surface area contributed by atoms with E-state index in [-0.39, 0.29) is 29.4 Å². The summed E-state index contributed by atoms with van der Waals surface area (Å²) in [5.74, 6) is -0.161. The molecule has 2 aromatic heterocycles. The van der Waals surface area contributed by atoms with Crippen LogP contribution in [0.4, 0.5) is 0 Å². The fraction of sp³-hybridized carbons (Fsp3) is 0.452. The molecule has 0 radical (unpaired) electrons. The molecule has 0 unspecified atom stereocenters. The van der Waals surface area contributed by atoms with Gasteiger partial charge in [0.25, 0.3) is 0 Å². The lowest BCUT2D eigenvalue weighted by Crippen LogP contribution is -2.34. The van der Waals surface area contributed by atoms with E-state index < -0.39 is 11.4 Å². The van der Waals surface area contributed by atoms with Gasteiger partial charge in [-0.05, 0) is 41.9 Å². The van der Waals surface area contributed by atoms with Crippen molar-refractivity contribution >= 4 is 5.97 Å². The van der Waals surface area contributed by atoms with Crippen LogP contribution >= 0.6 is 0 Å². The molecule has 8 heteroatoms. The maximum absolute atomic E-state index is 13.6. The van der Waals surface area contributed by atoms with Crippen molar-refractivity contribution in [3.05, 3.63) is 75.2 Å². The van der Waals surface area contributed by atoms with E-state index in [1.165, 1.54) is 6.20 Å². The molecular weight excluding hydrogens is 496 g/mol. The van der Waals surface area contributed by atoms with Crippen molar-refractivity contribution in [2.24, 2.45) is 5.41 Å². The van der Waals surface area contributed by atoms with Gasteiger partial charge in [0.2, 0.25) is 5.43 Å². The molecule has 0 saturated heterocycles. The Kier molecular flexibility index (Phi) is 7.49. The van der Waals surface area contributed by atoms with Crippen molar-refractivity contribution < 1.29 is 24.1 Å². The van der Waals surface area contributed by atoms with Crippen LogP contribution in [0.2, 0.25) is 0 Å². The molecule has 1 aromatic carbocycles. The third-order valence-corrected chi connectivity index (χ3v) is 7.43. The predicted octanol–water partition coefficient (Wildman–Crippen LogP) is 5.62. The van der Waals surface area contributed by atoms with Gasteiger partial charge in [-0.15, -0.1) is 0 Å². The summed E-state index contributed by atoms with van der Waals surface area (Å²) in [6.45, 7) is 7.63. The monoisotopic (exact) mass is 532 g/mol. The molecule has 3 heterocycles. The van der Waals surface area contributed by atoms with Crippen molar-refractivity contribution in [2.75, 3.05) is 20.3 Å². The van der Waals surface area contributed by atoms with Crippen LogP contribution < -0.4 is 14.9 Å². The van der Waals surface area contributed by atoms with Crippen molar-refractivity contribution in [3.8, 4) is 22.9 Å². The van der Waals surface area contributed by atoms with E-state index in [0.717, 1.165) is 41.8 Å². The summed E-state index contributed by atoms with van der Waals surface area (Å²) in [4.78, 5) is 30.9. The van der Waals surface area contributed by atoms with Gasteiger partial charge in [0.15, 0.2) is 5.75 Å². The average Bonchev–Trinajstić information content (AvgIpc) is 3.75. The van der Waals surface area contributed by atoms with Gasteiger partial charge in [-0.1, -0.05) is 51.1 Å². The Morgan fingerprint density at radius 2 is 1.87 bits per heavy atom. The number of hydrogen-bond donors (Lipinski definition) is 1. The van der Waals surface area contributed by atoms with E-state index in [4.69, 9.17) is 19.2 Å². The number of aromatic nitrogens is 2. The Morgan fingerprint density at radius 3 is 2.51 bits per heavy atom. The Bertz CT molecular complexity index is 1420. The first kappa shape index (κ1) is 26.9. The lowest BCUT2D eigenvalue weighted by Gasteiger charge is -2.39. The molecule has 2 aliphatic rings. The number of carboxylic acid groups (broad SMARTS) is 1. The first-order valence-electron chi connectivity index (χ1n) is 13.5. The summed E-state index contributed by atoms with van der Waals surface area (Å²) in [6, 6.07) is 11.5. The second kappa shape index (κ2) is 10.8. The second-order valence-corrected chi connectivity index (χ2v) is 11.5. The summed E-state index contributed by atoms with van der Waals surface area (Å²) in [7, 11) is 1.68. The molecule has 1 saturated carbocycles. The Balaban J connectivity index is 1.69. The van der Waals surface area contributed by atoms with Gasteiger partial charge in [-0.3, -0.25) is 4.79 Å². The number of carbonyl (C=O) groups is 1. The first-order valence-corrected chi connectivity index (χ1v) is 13.5. The third kappa shape index (κ3) is 5.57. The van der Waals surface area contributed by atoms with E-state index in [2.05, 4.69) is 26.8 Å². The summed E-state index contributed by atoms with van der Waals surface area (Å²) in [5.41, 5.74) is 2.74. The Hall–Kier alpha value is -3.65. The fourth-order valence-electron chi connectivity index (χ4n) is 5.19.